The van der Waals surface area contributed by atoms with Gasteiger partial charge in [-0.1, -0.05) is 86.3 Å². The van der Waals surface area contributed by atoms with Gasteiger partial charge in [-0.15, -0.1) is 16.8 Å². The van der Waals surface area contributed by atoms with E-state index in [0.29, 0.717) is 12.3 Å². The molecule has 0 spiro atoms. The van der Waals surface area contributed by atoms with Crippen LogP contribution < -0.4 is 5.32 Å². The summed E-state index contributed by atoms with van der Waals surface area (Å²) in [6, 6.07) is 14.0. The largest absolute Gasteiger partial charge is 0.325 e. The lowest BCUT2D eigenvalue weighted by atomic mass is 9.86. The van der Waals surface area contributed by atoms with Gasteiger partial charge < -0.3 is 9.88 Å². The lowest BCUT2D eigenvalue weighted by Gasteiger charge is -2.21. The van der Waals surface area contributed by atoms with E-state index in [2.05, 4.69) is 26.7 Å². The van der Waals surface area contributed by atoms with E-state index in [-0.39, 0.29) is 5.91 Å². The molecule has 1 aliphatic rings. The Labute approximate surface area is 188 Å². The van der Waals surface area contributed by atoms with Gasteiger partial charge >= 0.3 is 0 Å². The highest BCUT2D eigenvalue weighted by molar-refractivity contribution is 7.99. The molecular weight excluding hydrogens is 404 g/mol. The van der Waals surface area contributed by atoms with Gasteiger partial charge in [0, 0.05) is 24.0 Å². The lowest BCUT2D eigenvalue weighted by molar-refractivity contribution is -0.113. The standard InChI is InChI=1S/C25H30N4OS/c1-2-17-29-23(16-15-19-9-4-3-5-10-19)27-28-25(29)31-18-24(30)26-22-14-8-12-20-11-6-7-13-21(20)22/h2,6-8,11-14,19H,1,3-5,9-10,15-18H2,(H,26,30). The summed E-state index contributed by atoms with van der Waals surface area (Å²) in [7, 11) is 0. The molecule has 1 saturated carbocycles. The van der Waals surface area contributed by atoms with E-state index in [1.54, 1.807) is 0 Å². The fourth-order valence-electron chi connectivity index (χ4n) is 4.38. The van der Waals surface area contributed by atoms with E-state index in [4.69, 9.17) is 0 Å². The van der Waals surface area contributed by atoms with E-state index < -0.39 is 0 Å². The van der Waals surface area contributed by atoms with Crippen LogP contribution in [0.25, 0.3) is 10.8 Å². The summed E-state index contributed by atoms with van der Waals surface area (Å²) in [6.45, 7) is 4.55. The predicted octanol–water partition coefficient (Wildman–Crippen LogP) is 5.86. The van der Waals surface area contributed by atoms with Crippen LogP contribution in [0.1, 0.15) is 44.3 Å². The number of carbonyl (C=O) groups excluding carboxylic acids is 1. The van der Waals surface area contributed by atoms with Crippen molar-refractivity contribution in [2.24, 2.45) is 5.92 Å². The molecule has 0 radical (unpaired) electrons. The summed E-state index contributed by atoms with van der Waals surface area (Å²) in [5.41, 5.74) is 0.837. The van der Waals surface area contributed by atoms with Crippen molar-refractivity contribution in [2.45, 2.75) is 56.6 Å². The Balaban J connectivity index is 1.37. The second kappa shape index (κ2) is 10.6. The summed E-state index contributed by atoms with van der Waals surface area (Å²) in [5.74, 6) is 2.06. The van der Waals surface area contributed by atoms with Gasteiger partial charge in [0.05, 0.1) is 5.75 Å². The maximum Gasteiger partial charge on any atom is 0.234 e. The first-order valence-electron chi connectivity index (χ1n) is 11.2. The van der Waals surface area contributed by atoms with E-state index in [9.17, 15) is 4.79 Å². The van der Waals surface area contributed by atoms with Gasteiger partial charge in [0.25, 0.3) is 0 Å². The molecule has 0 unspecified atom stereocenters. The number of hydrogen-bond donors (Lipinski definition) is 1. The summed E-state index contributed by atoms with van der Waals surface area (Å²) < 4.78 is 2.10. The van der Waals surface area contributed by atoms with Crippen LogP contribution in [-0.4, -0.2) is 26.4 Å². The number of hydrogen-bond acceptors (Lipinski definition) is 4. The van der Waals surface area contributed by atoms with Crippen molar-refractivity contribution in [3.05, 3.63) is 60.9 Å². The predicted molar refractivity (Wildman–Crippen MR) is 128 cm³/mol. The zero-order chi connectivity index (χ0) is 21.5. The SMILES string of the molecule is C=CCn1c(CCC2CCCCC2)nnc1SCC(=O)Nc1cccc2ccccc12. The molecular formula is C25H30N4OS. The summed E-state index contributed by atoms with van der Waals surface area (Å²) >= 11 is 1.43. The fraction of sp³-hybridized carbons (Fsp3) is 0.400. The molecule has 1 fully saturated rings. The van der Waals surface area contributed by atoms with Gasteiger partial charge in [-0.05, 0) is 23.8 Å². The van der Waals surface area contributed by atoms with Gasteiger partial charge in [-0.25, -0.2) is 0 Å². The Kier molecular flexibility index (Phi) is 7.41. The molecule has 162 valence electrons. The third-order valence-electron chi connectivity index (χ3n) is 6.00. The topological polar surface area (TPSA) is 59.8 Å². The van der Waals surface area contributed by atoms with E-state index in [1.165, 1.54) is 50.3 Å². The molecule has 31 heavy (non-hydrogen) atoms. The zero-order valence-electron chi connectivity index (χ0n) is 17.9. The highest BCUT2D eigenvalue weighted by Gasteiger charge is 2.17. The van der Waals surface area contributed by atoms with Crippen LogP contribution in [-0.2, 0) is 17.8 Å². The molecule has 6 heteroatoms. The molecule has 1 heterocycles. The normalized spacial score (nSPS) is 14.6. The van der Waals surface area contributed by atoms with E-state index in [0.717, 1.165) is 39.8 Å². The Morgan fingerprint density at radius 2 is 1.94 bits per heavy atom. The first-order chi connectivity index (χ1) is 15.2. The number of allylic oxidation sites excluding steroid dienone is 1. The van der Waals surface area contributed by atoms with Crippen LogP contribution in [0.4, 0.5) is 5.69 Å². The first-order valence-corrected chi connectivity index (χ1v) is 12.2. The molecule has 3 aromatic rings. The number of aromatic nitrogens is 3. The van der Waals surface area contributed by atoms with Crippen LogP contribution in [0.5, 0.6) is 0 Å². The molecule has 1 aliphatic carbocycles. The average molecular weight is 435 g/mol. The Hall–Kier alpha value is -2.60. The number of benzene rings is 2. The smallest absolute Gasteiger partial charge is 0.234 e. The van der Waals surface area contributed by atoms with Crippen molar-refractivity contribution in [1.82, 2.24) is 14.8 Å². The van der Waals surface area contributed by atoms with Crippen LogP contribution >= 0.6 is 11.8 Å². The molecule has 1 amide bonds. The number of carbonyl (C=O) groups is 1. The molecule has 0 saturated heterocycles. The van der Waals surface area contributed by atoms with Crippen molar-refractivity contribution in [3.63, 3.8) is 0 Å². The summed E-state index contributed by atoms with van der Waals surface area (Å²) in [4.78, 5) is 12.6. The molecule has 1 N–H and O–H groups in total. The highest BCUT2D eigenvalue weighted by atomic mass is 32.2. The van der Waals surface area contributed by atoms with E-state index in [1.807, 2.05) is 48.5 Å². The molecule has 0 bridgehead atoms. The number of anilines is 1. The number of thioether (sulfide) groups is 1. The van der Waals surface area contributed by atoms with Crippen molar-refractivity contribution in [2.75, 3.05) is 11.1 Å². The number of nitrogens with one attached hydrogen (secondary N) is 1. The van der Waals surface area contributed by atoms with E-state index >= 15 is 0 Å². The molecule has 4 rings (SSSR count). The maximum atomic E-state index is 12.6. The van der Waals surface area contributed by atoms with Crippen molar-refractivity contribution in [3.8, 4) is 0 Å². The van der Waals surface area contributed by atoms with Crippen molar-refractivity contribution in [1.29, 1.82) is 0 Å². The second-order valence-electron chi connectivity index (χ2n) is 8.20. The monoisotopic (exact) mass is 434 g/mol. The first kappa shape index (κ1) is 21.6. The summed E-state index contributed by atoms with van der Waals surface area (Å²) in [6.07, 6.45) is 10.7. The minimum absolute atomic E-state index is 0.0433. The van der Waals surface area contributed by atoms with Crippen molar-refractivity contribution >= 4 is 34.1 Å². The fourth-order valence-corrected chi connectivity index (χ4v) is 5.15. The average Bonchev–Trinajstić information content (AvgIpc) is 3.19. The number of fused-ring (bicyclic) bond motifs is 1. The Bertz CT molecular complexity index is 1030. The molecule has 0 aliphatic heterocycles. The minimum Gasteiger partial charge on any atom is -0.325 e. The Morgan fingerprint density at radius 1 is 1.13 bits per heavy atom. The minimum atomic E-state index is -0.0433. The maximum absolute atomic E-state index is 12.6. The Morgan fingerprint density at radius 3 is 2.77 bits per heavy atom. The van der Waals surface area contributed by atoms with Gasteiger partial charge in [-0.3, -0.25) is 4.79 Å². The molecule has 1 aromatic heterocycles. The lowest BCUT2D eigenvalue weighted by Crippen LogP contribution is -2.15. The number of rotatable bonds is 9. The van der Waals surface area contributed by atoms with Crippen LogP contribution in [0, 0.1) is 5.92 Å². The van der Waals surface area contributed by atoms with Crippen LogP contribution in [0.3, 0.4) is 0 Å². The highest BCUT2D eigenvalue weighted by Crippen LogP contribution is 2.28. The number of aryl methyl sites for hydroxylation is 1. The summed E-state index contributed by atoms with van der Waals surface area (Å²) in [5, 5.41) is 14.8. The molecule has 0 atom stereocenters. The third-order valence-corrected chi connectivity index (χ3v) is 6.97. The molecule has 5 nitrogen and oxygen atoms in total. The zero-order valence-corrected chi connectivity index (χ0v) is 18.7. The van der Waals surface area contributed by atoms with Gasteiger partial charge in [-0.2, -0.15) is 0 Å². The third kappa shape index (κ3) is 5.56. The molecule has 2 aromatic carbocycles. The van der Waals surface area contributed by atoms with Crippen LogP contribution in [0.2, 0.25) is 0 Å². The van der Waals surface area contributed by atoms with Crippen LogP contribution in [0.15, 0.2) is 60.3 Å². The number of amides is 1. The van der Waals surface area contributed by atoms with Gasteiger partial charge in [0.2, 0.25) is 5.91 Å². The number of nitrogens with zero attached hydrogens (tertiary/aromatic N) is 3. The second-order valence-corrected chi connectivity index (χ2v) is 9.15. The van der Waals surface area contributed by atoms with Gasteiger partial charge in [0.1, 0.15) is 5.82 Å². The quantitative estimate of drug-likeness (QED) is 0.338. The van der Waals surface area contributed by atoms with Gasteiger partial charge in [0.15, 0.2) is 5.16 Å². The van der Waals surface area contributed by atoms with Crippen molar-refractivity contribution < 1.29 is 4.79 Å².